The van der Waals surface area contributed by atoms with Crippen LogP contribution < -0.4 is 0 Å². The number of hydrogen-bond acceptors (Lipinski definition) is 4. The van der Waals surface area contributed by atoms with E-state index in [-0.39, 0.29) is 5.97 Å². The van der Waals surface area contributed by atoms with Gasteiger partial charge in [-0.25, -0.2) is 9.78 Å². The summed E-state index contributed by atoms with van der Waals surface area (Å²) in [7, 11) is 1.34. The van der Waals surface area contributed by atoms with E-state index in [0.717, 1.165) is 4.70 Å². The van der Waals surface area contributed by atoms with Crippen molar-refractivity contribution in [3.63, 3.8) is 0 Å². The Labute approximate surface area is 89.3 Å². The maximum Gasteiger partial charge on any atom is 0.339 e. The standard InChI is InChI=1S/C9H6ClNO2S/c1-13-9(12)5-4-14-6-2-3-11-8(10)7(5)6/h2-4H,1H3. The van der Waals surface area contributed by atoms with E-state index >= 15 is 0 Å². The second-order valence-corrected chi connectivity index (χ2v) is 3.89. The summed E-state index contributed by atoms with van der Waals surface area (Å²) in [4.78, 5) is 15.3. The van der Waals surface area contributed by atoms with Crippen molar-refractivity contribution in [2.24, 2.45) is 0 Å². The van der Waals surface area contributed by atoms with Crippen molar-refractivity contribution in [2.75, 3.05) is 7.11 Å². The van der Waals surface area contributed by atoms with Crippen LogP contribution in [-0.4, -0.2) is 18.1 Å². The van der Waals surface area contributed by atoms with Gasteiger partial charge in [0.1, 0.15) is 5.15 Å². The Morgan fingerprint density at radius 2 is 2.43 bits per heavy atom. The molecule has 0 radical (unpaired) electrons. The van der Waals surface area contributed by atoms with Gasteiger partial charge in [0.05, 0.1) is 12.7 Å². The van der Waals surface area contributed by atoms with Crippen LogP contribution in [-0.2, 0) is 4.74 Å². The number of hydrogen-bond donors (Lipinski definition) is 0. The predicted octanol–water partition coefficient (Wildman–Crippen LogP) is 2.74. The Balaban J connectivity index is 2.73. The van der Waals surface area contributed by atoms with Crippen molar-refractivity contribution in [1.82, 2.24) is 4.98 Å². The van der Waals surface area contributed by atoms with Gasteiger partial charge in [-0.05, 0) is 6.07 Å². The number of carbonyl (C=O) groups is 1. The van der Waals surface area contributed by atoms with Crippen molar-refractivity contribution in [2.45, 2.75) is 0 Å². The minimum atomic E-state index is -0.383. The Kier molecular flexibility index (Phi) is 2.39. The molecule has 0 saturated heterocycles. The van der Waals surface area contributed by atoms with Gasteiger partial charge in [0.2, 0.25) is 0 Å². The minimum absolute atomic E-state index is 0.337. The quantitative estimate of drug-likeness (QED) is 0.556. The third-order valence-electron chi connectivity index (χ3n) is 1.84. The number of carbonyl (C=O) groups excluding carboxylic acids is 1. The molecule has 2 aromatic heterocycles. The van der Waals surface area contributed by atoms with Crippen LogP contribution in [0.2, 0.25) is 5.15 Å². The molecule has 0 atom stereocenters. The van der Waals surface area contributed by atoms with E-state index in [1.54, 1.807) is 11.6 Å². The first-order valence-corrected chi connectivity index (χ1v) is 5.10. The SMILES string of the molecule is COC(=O)c1csc2ccnc(Cl)c12. The molecular formula is C9H6ClNO2S. The molecule has 0 bridgehead atoms. The smallest absolute Gasteiger partial charge is 0.339 e. The number of esters is 1. The van der Waals surface area contributed by atoms with E-state index in [9.17, 15) is 4.79 Å². The topological polar surface area (TPSA) is 39.2 Å². The summed E-state index contributed by atoms with van der Waals surface area (Å²) in [6, 6.07) is 1.82. The van der Waals surface area contributed by atoms with Gasteiger partial charge in [0.25, 0.3) is 0 Å². The van der Waals surface area contributed by atoms with Crippen molar-refractivity contribution >= 4 is 39.0 Å². The van der Waals surface area contributed by atoms with Crippen LogP contribution in [0, 0.1) is 0 Å². The second-order valence-electron chi connectivity index (χ2n) is 2.62. The molecule has 0 aromatic carbocycles. The number of aromatic nitrogens is 1. The Hall–Kier alpha value is -1.13. The summed E-state index contributed by atoms with van der Waals surface area (Å²) in [5, 5.41) is 2.74. The molecule has 2 heterocycles. The van der Waals surface area contributed by atoms with Crippen LogP contribution in [0.5, 0.6) is 0 Å². The van der Waals surface area contributed by atoms with E-state index in [0.29, 0.717) is 16.1 Å². The molecule has 0 N–H and O–H groups in total. The lowest BCUT2D eigenvalue weighted by Crippen LogP contribution is -1.99. The number of rotatable bonds is 1. The number of halogens is 1. The van der Waals surface area contributed by atoms with Gasteiger partial charge < -0.3 is 4.74 Å². The molecule has 72 valence electrons. The van der Waals surface area contributed by atoms with Gasteiger partial charge in [0, 0.05) is 21.7 Å². The number of thiophene rings is 1. The molecule has 0 unspecified atom stereocenters. The molecule has 2 aromatic rings. The fourth-order valence-electron chi connectivity index (χ4n) is 1.20. The zero-order chi connectivity index (χ0) is 10.1. The van der Waals surface area contributed by atoms with E-state index in [2.05, 4.69) is 9.72 Å². The second kappa shape index (κ2) is 3.55. The average molecular weight is 228 g/mol. The molecule has 0 spiro atoms. The lowest BCUT2D eigenvalue weighted by atomic mass is 10.2. The van der Waals surface area contributed by atoms with Crippen molar-refractivity contribution in [1.29, 1.82) is 0 Å². The zero-order valence-corrected chi connectivity index (χ0v) is 8.85. The van der Waals surface area contributed by atoms with Crippen molar-refractivity contribution in [3.8, 4) is 0 Å². The Morgan fingerprint density at radius 1 is 1.64 bits per heavy atom. The molecule has 2 rings (SSSR count). The highest BCUT2D eigenvalue weighted by Gasteiger charge is 2.15. The zero-order valence-electron chi connectivity index (χ0n) is 7.28. The molecule has 0 aliphatic rings. The van der Waals surface area contributed by atoms with Crippen LogP contribution in [0.15, 0.2) is 17.6 Å². The fraction of sp³-hybridized carbons (Fsp3) is 0.111. The number of fused-ring (bicyclic) bond motifs is 1. The van der Waals surface area contributed by atoms with Crippen LogP contribution in [0.1, 0.15) is 10.4 Å². The van der Waals surface area contributed by atoms with Crippen molar-refractivity contribution in [3.05, 3.63) is 28.4 Å². The summed E-state index contributed by atoms with van der Waals surface area (Å²) in [5.74, 6) is -0.383. The van der Waals surface area contributed by atoms with Gasteiger partial charge in [-0.1, -0.05) is 11.6 Å². The first-order chi connectivity index (χ1) is 6.74. The third-order valence-corrected chi connectivity index (χ3v) is 3.08. The predicted molar refractivity (Wildman–Crippen MR) is 56.0 cm³/mol. The van der Waals surface area contributed by atoms with E-state index < -0.39 is 0 Å². The fourth-order valence-corrected chi connectivity index (χ4v) is 2.44. The van der Waals surface area contributed by atoms with E-state index in [4.69, 9.17) is 11.6 Å². The summed E-state index contributed by atoms with van der Waals surface area (Å²) in [5.41, 5.74) is 0.477. The number of methoxy groups -OCH3 is 1. The average Bonchev–Trinajstić information content (AvgIpc) is 2.62. The monoisotopic (exact) mass is 227 g/mol. The van der Waals surface area contributed by atoms with Gasteiger partial charge in [-0.15, -0.1) is 11.3 Å². The normalized spacial score (nSPS) is 10.4. The first kappa shape index (κ1) is 9.43. The van der Waals surface area contributed by atoms with Crippen LogP contribution in [0.3, 0.4) is 0 Å². The van der Waals surface area contributed by atoms with E-state index in [1.165, 1.54) is 18.4 Å². The van der Waals surface area contributed by atoms with Gasteiger partial charge in [-0.3, -0.25) is 0 Å². The molecule has 0 amide bonds. The maximum atomic E-state index is 11.3. The number of nitrogens with zero attached hydrogens (tertiary/aromatic N) is 1. The van der Waals surface area contributed by atoms with Crippen LogP contribution >= 0.6 is 22.9 Å². The summed E-state index contributed by atoms with van der Waals surface area (Å²) < 4.78 is 5.57. The van der Waals surface area contributed by atoms with Crippen LogP contribution in [0.25, 0.3) is 10.1 Å². The lowest BCUT2D eigenvalue weighted by molar-refractivity contribution is 0.0603. The summed E-state index contributed by atoms with van der Waals surface area (Å²) in [6.45, 7) is 0. The highest BCUT2D eigenvalue weighted by atomic mass is 35.5. The number of ether oxygens (including phenoxy) is 1. The first-order valence-electron chi connectivity index (χ1n) is 3.84. The maximum absolute atomic E-state index is 11.3. The van der Waals surface area contributed by atoms with E-state index in [1.807, 2.05) is 6.07 Å². The van der Waals surface area contributed by atoms with Crippen molar-refractivity contribution < 1.29 is 9.53 Å². The summed E-state index contributed by atoms with van der Waals surface area (Å²) in [6.07, 6.45) is 1.61. The number of pyridine rings is 1. The highest BCUT2D eigenvalue weighted by Crippen LogP contribution is 2.30. The molecule has 5 heteroatoms. The molecule has 14 heavy (non-hydrogen) atoms. The third kappa shape index (κ3) is 1.36. The Bertz CT molecular complexity index is 495. The molecule has 0 saturated carbocycles. The lowest BCUT2D eigenvalue weighted by Gasteiger charge is -1.97. The van der Waals surface area contributed by atoms with Crippen LogP contribution in [0.4, 0.5) is 0 Å². The largest absolute Gasteiger partial charge is 0.465 e. The molecule has 3 nitrogen and oxygen atoms in total. The highest BCUT2D eigenvalue weighted by molar-refractivity contribution is 7.17. The van der Waals surface area contributed by atoms with Gasteiger partial charge in [0.15, 0.2) is 0 Å². The van der Waals surface area contributed by atoms with Gasteiger partial charge in [-0.2, -0.15) is 0 Å². The molecule has 0 aliphatic heterocycles. The molecular weight excluding hydrogens is 222 g/mol. The summed E-state index contributed by atoms with van der Waals surface area (Å²) >= 11 is 7.34. The minimum Gasteiger partial charge on any atom is -0.465 e. The Morgan fingerprint density at radius 3 is 3.14 bits per heavy atom. The van der Waals surface area contributed by atoms with Gasteiger partial charge >= 0.3 is 5.97 Å². The molecule has 0 fully saturated rings. The molecule has 0 aliphatic carbocycles.